The van der Waals surface area contributed by atoms with Gasteiger partial charge in [0.25, 0.3) is 5.69 Å². The van der Waals surface area contributed by atoms with E-state index in [1.165, 1.54) is 36.5 Å². The van der Waals surface area contributed by atoms with Crippen molar-refractivity contribution in [1.82, 2.24) is 14.5 Å². The highest BCUT2D eigenvalue weighted by molar-refractivity contribution is 7.99. The SMILES string of the molecule is Cc1cc(Sc2ncc(C(C)C)n2C2CC2)ncc1[N+](=O)[O-]. The van der Waals surface area contributed by atoms with E-state index >= 15 is 0 Å². The molecule has 1 fully saturated rings. The van der Waals surface area contributed by atoms with Crippen molar-refractivity contribution in [2.24, 2.45) is 0 Å². The van der Waals surface area contributed by atoms with Gasteiger partial charge in [-0.25, -0.2) is 9.97 Å². The molecular weight excluding hydrogens is 300 g/mol. The number of hydrogen-bond acceptors (Lipinski definition) is 5. The maximum absolute atomic E-state index is 10.9. The van der Waals surface area contributed by atoms with Crippen LogP contribution in [0.25, 0.3) is 0 Å². The second kappa shape index (κ2) is 5.72. The predicted octanol–water partition coefficient (Wildman–Crippen LogP) is 4.10. The minimum absolute atomic E-state index is 0.0535. The molecule has 3 rings (SSSR count). The van der Waals surface area contributed by atoms with Gasteiger partial charge in [0.05, 0.1) is 4.92 Å². The zero-order valence-corrected chi connectivity index (χ0v) is 13.6. The molecule has 116 valence electrons. The number of hydrogen-bond donors (Lipinski definition) is 0. The summed E-state index contributed by atoms with van der Waals surface area (Å²) in [7, 11) is 0. The van der Waals surface area contributed by atoms with E-state index in [-0.39, 0.29) is 5.69 Å². The first-order valence-corrected chi connectivity index (χ1v) is 8.15. The summed E-state index contributed by atoms with van der Waals surface area (Å²) in [6.07, 6.45) is 5.64. The van der Waals surface area contributed by atoms with Gasteiger partial charge in [0, 0.05) is 23.5 Å². The molecule has 0 N–H and O–H groups in total. The van der Waals surface area contributed by atoms with Crippen molar-refractivity contribution in [2.45, 2.75) is 55.8 Å². The summed E-state index contributed by atoms with van der Waals surface area (Å²) in [6.45, 7) is 6.06. The van der Waals surface area contributed by atoms with E-state index in [1.54, 1.807) is 13.0 Å². The Bertz CT molecular complexity index is 722. The summed E-state index contributed by atoms with van der Waals surface area (Å²) < 4.78 is 2.30. The van der Waals surface area contributed by atoms with E-state index in [0.29, 0.717) is 17.5 Å². The van der Waals surface area contributed by atoms with Gasteiger partial charge in [0.2, 0.25) is 0 Å². The molecule has 0 aromatic carbocycles. The van der Waals surface area contributed by atoms with Gasteiger partial charge >= 0.3 is 0 Å². The van der Waals surface area contributed by atoms with Gasteiger partial charge in [-0.3, -0.25) is 10.1 Å². The molecule has 2 aromatic heterocycles. The highest BCUT2D eigenvalue weighted by atomic mass is 32.2. The van der Waals surface area contributed by atoms with E-state index in [4.69, 9.17) is 0 Å². The molecule has 22 heavy (non-hydrogen) atoms. The molecule has 0 atom stereocenters. The molecule has 0 saturated heterocycles. The van der Waals surface area contributed by atoms with E-state index in [9.17, 15) is 10.1 Å². The Labute approximate surface area is 133 Å². The van der Waals surface area contributed by atoms with Crippen LogP contribution in [0.5, 0.6) is 0 Å². The lowest BCUT2D eigenvalue weighted by Gasteiger charge is -2.12. The van der Waals surface area contributed by atoms with Gasteiger partial charge in [0.15, 0.2) is 5.16 Å². The van der Waals surface area contributed by atoms with Gasteiger partial charge in [-0.05, 0) is 43.5 Å². The Morgan fingerprint density at radius 1 is 1.36 bits per heavy atom. The van der Waals surface area contributed by atoms with E-state index in [2.05, 4.69) is 28.4 Å². The molecule has 0 amide bonds. The Hall–Kier alpha value is -1.89. The maximum Gasteiger partial charge on any atom is 0.290 e. The smallest absolute Gasteiger partial charge is 0.290 e. The number of nitro groups is 1. The maximum atomic E-state index is 10.9. The van der Waals surface area contributed by atoms with E-state index in [1.807, 2.05) is 6.20 Å². The monoisotopic (exact) mass is 318 g/mol. The molecule has 0 bridgehead atoms. The molecule has 6 nitrogen and oxygen atoms in total. The van der Waals surface area contributed by atoms with Gasteiger partial charge in [-0.1, -0.05) is 13.8 Å². The van der Waals surface area contributed by atoms with Crippen LogP contribution in [0.2, 0.25) is 0 Å². The van der Waals surface area contributed by atoms with Crippen LogP contribution in [0.1, 0.15) is 49.9 Å². The number of pyridine rings is 1. The molecule has 1 aliphatic carbocycles. The zero-order chi connectivity index (χ0) is 15.9. The fourth-order valence-corrected chi connectivity index (χ4v) is 3.41. The summed E-state index contributed by atoms with van der Waals surface area (Å²) in [5.74, 6) is 0.425. The van der Waals surface area contributed by atoms with Crippen molar-refractivity contribution in [3.05, 3.63) is 39.8 Å². The first-order chi connectivity index (χ1) is 10.5. The van der Waals surface area contributed by atoms with E-state index in [0.717, 1.165) is 10.2 Å². The third-order valence-corrected chi connectivity index (χ3v) is 4.66. The Morgan fingerprint density at radius 2 is 2.09 bits per heavy atom. The molecule has 1 aliphatic rings. The van der Waals surface area contributed by atoms with Crippen molar-refractivity contribution in [3.63, 3.8) is 0 Å². The average molecular weight is 318 g/mol. The van der Waals surface area contributed by atoms with E-state index < -0.39 is 4.92 Å². The minimum atomic E-state index is -0.404. The minimum Gasteiger partial charge on any atom is -0.320 e. The van der Waals surface area contributed by atoms with Crippen LogP contribution in [0, 0.1) is 17.0 Å². The van der Waals surface area contributed by atoms with Crippen LogP contribution < -0.4 is 0 Å². The van der Waals surface area contributed by atoms with Crippen LogP contribution in [-0.2, 0) is 0 Å². The summed E-state index contributed by atoms with van der Waals surface area (Å²) in [5.41, 5.74) is 1.91. The second-order valence-electron chi connectivity index (χ2n) is 5.89. The molecular formula is C15H18N4O2S. The first-order valence-electron chi connectivity index (χ1n) is 7.33. The fraction of sp³-hybridized carbons (Fsp3) is 0.467. The van der Waals surface area contributed by atoms with Crippen LogP contribution in [0.3, 0.4) is 0 Å². The summed E-state index contributed by atoms with van der Waals surface area (Å²) >= 11 is 1.47. The molecule has 2 heterocycles. The molecule has 0 unspecified atom stereocenters. The van der Waals surface area contributed by atoms with Crippen LogP contribution in [0.4, 0.5) is 5.69 Å². The lowest BCUT2D eigenvalue weighted by Crippen LogP contribution is -2.03. The summed E-state index contributed by atoms with van der Waals surface area (Å²) in [5, 5.41) is 12.5. The molecule has 0 spiro atoms. The standard InChI is InChI=1S/C15H18N4O2S/c1-9(2)12-7-17-15(18(12)11-4-5-11)22-14-6-10(3)13(8-16-14)19(20)21/h6-9,11H,4-5H2,1-3H3. The van der Waals surface area contributed by atoms with Gasteiger partial charge in [0.1, 0.15) is 11.2 Å². The van der Waals surface area contributed by atoms with Gasteiger partial charge in [-0.15, -0.1) is 0 Å². The van der Waals surface area contributed by atoms with Crippen molar-refractivity contribution in [3.8, 4) is 0 Å². The second-order valence-corrected chi connectivity index (χ2v) is 6.88. The quantitative estimate of drug-likeness (QED) is 0.613. The largest absolute Gasteiger partial charge is 0.320 e. The summed E-state index contributed by atoms with van der Waals surface area (Å²) in [6, 6.07) is 2.30. The first kappa shape index (κ1) is 15.0. The number of aromatic nitrogens is 3. The number of nitrogens with zero attached hydrogens (tertiary/aromatic N) is 4. The van der Waals surface area contributed by atoms with Gasteiger partial charge < -0.3 is 4.57 Å². The van der Waals surface area contributed by atoms with Crippen LogP contribution >= 0.6 is 11.8 Å². The average Bonchev–Trinajstić information content (AvgIpc) is 3.19. The Kier molecular flexibility index (Phi) is 3.90. The molecule has 0 radical (unpaired) electrons. The topological polar surface area (TPSA) is 73.8 Å². The molecule has 0 aliphatic heterocycles. The van der Waals surface area contributed by atoms with Gasteiger partial charge in [-0.2, -0.15) is 0 Å². The zero-order valence-electron chi connectivity index (χ0n) is 12.8. The lowest BCUT2D eigenvalue weighted by molar-refractivity contribution is -0.385. The van der Waals surface area contributed by atoms with Crippen LogP contribution in [-0.4, -0.2) is 19.5 Å². The number of rotatable bonds is 5. The third-order valence-electron chi connectivity index (χ3n) is 3.75. The number of imidazole rings is 1. The summed E-state index contributed by atoms with van der Waals surface area (Å²) in [4.78, 5) is 19.2. The molecule has 1 saturated carbocycles. The van der Waals surface area contributed by atoms with Crippen molar-refractivity contribution in [1.29, 1.82) is 0 Å². The molecule has 7 heteroatoms. The number of aryl methyl sites for hydroxylation is 1. The normalized spacial score (nSPS) is 14.5. The fourth-order valence-electron chi connectivity index (χ4n) is 2.42. The highest BCUT2D eigenvalue weighted by Gasteiger charge is 2.29. The predicted molar refractivity (Wildman–Crippen MR) is 84.3 cm³/mol. The van der Waals surface area contributed by atoms with Crippen molar-refractivity contribution < 1.29 is 4.92 Å². The van der Waals surface area contributed by atoms with Crippen molar-refractivity contribution >= 4 is 17.4 Å². The Balaban J connectivity index is 1.90. The lowest BCUT2D eigenvalue weighted by atomic mass is 10.1. The van der Waals surface area contributed by atoms with Crippen LogP contribution in [0.15, 0.2) is 28.6 Å². The van der Waals surface area contributed by atoms with Crippen molar-refractivity contribution in [2.75, 3.05) is 0 Å². The highest BCUT2D eigenvalue weighted by Crippen LogP contribution is 2.42. The third kappa shape index (κ3) is 2.85. The molecule has 2 aromatic rings. The Morgan fingerprint density at radius 3 is 2.64 bits per heavy atom.